The van der Waals surface area contributed by atoms with Crippen molar-refractivity contribution in [2.45, 2.75) is 19.3 Å². The number of hydrogen-bond donors (Lipinski definition) is 2. The molecule has 0 unspecified atom stereocenters. The van der Waals surface area contributed by atoms with E-state index in [1.165, 1.54) is 18.2 Å². The van der Waals surface area contributed by atoms with Crippen LogP contribution < -0.4 is 11.5 Å². The number of nitrogens with zero attached hydrogens (tertiary/aromatic N) is 2. The van der Waals surface area contributed by atoms with Crippen molar-refractivity contribution in [2.24, 2.45) is 5.73 Å². The molecule has 4 nitrogen and oxygen atoms in total. The molecule has 4 N–H and O–H groups in total. The molecule has 0 bridgehead atoms. The third-order valence-electron chi connectivity index (χ3n) is 2.87. The number of benzene rings is 1. The Kier molecular flexibility index (Phi) is 3.86. The Bertz CT molecular complexity index is 648. The Hall–Kier alpha value is -2.16. The Morgan fingerprint density at radius 2 is 1.86 bits per heavy atom. The molecule has 1 aromatic heterocycles. The second-order valence-corrected chi connectivity index (χ2v) is 4.25. The van der Waals surface area contributed by atoms with Gasteiger partial charge in [-0.2, -0.15) is 27.1 Å². The standard InChI is InChI=1S/C12H11F5N4/c13-11(14)21-9(4-10(20-21)12(15,16)17)6-1-2-8(19)7(3-6)5-18/h1-4,11H,5,18-19H2. The van der Waals surface area contributed by atoms with Gasteiger partial charge in [-0.1, -0.05) is 6.07 Å². The highest BCUT2D eigenvalue weighted by molar-refractivity contribution is 5.65. The van der Waals surface area contributed by atoms with Crippen LogP contribution in [0.1, 0.15) is 17.8 Å². The van der Waals surface area contributed by atoms with Gasteiger partial charge in [-0.3, -0.25) is 0 Å². The normalized spacial score (nSPS) is 12.1. The van der Waals surface area contributed by atoms with Gasteiger partial charge in [0.1, 0.15) is 0 Å². The molecule has 0 saturated carbocycles. The molecule has 0 aliphatic heterocycles. The highest BCUT2D eigenvalue weighted by Crippen LogP contribution is 2.34. The van der Waals surface area contributed by atoms with Crippen molar-refractivity contribution in [1.82, 2.24) is 9.78 Å². The number of nitrogen functional groups attached to an aromatic ring is 1. The van der Waals surface area contributed by atoms with Crippen LogP contribution in [0.4, 0.5) is 27.6 Å². The minimum absolute atomic E-state index is 0.0225. The molecule has 9 heteroatoms. The van der Waals surface area contributed by atoms with Crippen molar-refractivity contribution in [3.63, 3.8) is 0 Å². The van der Waals surface area contributed by atoms with Crippen LogP contribution in [-0.2, 0) is 12.7 Å². The minimum Gasteiger partial charge on any atom is -0.398 e. The van der Waals surface area contributed by atoms with E-state index in [0.717, 1.165) is 0 Å². The fourth-order valence-corrected chi connectivity index (χ4v) is 1.84. The van der Waals surface area contributed by atoms with Gasteiger partial charge in [-0.25, -0.2) is 4.68 Å². The number of anilines is 1. The van der Waals surface area contributed by atoms with Gasteiger partial charge in [0.05, 0.1) is 5.69 Å². The van der Waals surface area contributed by atoms with Crippen LogP contribution in [0.25, 0.3) is 11.3 Å². The molecule has 2 rings (SSSR count). The van der Waals surface area contributed by atoms with E-state index in [4.69, 9.17) is 11.5 Å². The zero-order valence-corrected chi connectivity index (χ0v) is 10.5. The maximum atomic E-state index is 12.9. The Balaban J connectivity index is 2.59. The summed E-state index contributed by atoms with van der Waals surface area (Å²) < 4.78 is 63.6. The second kappa shape index (κ2) is 5.32. The lowest BCUT2D eigenvalue weighted by atomic mass is 10.1. The van der Waals surface area contributed by atoms with Crippen LogP contribution in [0.5, 0.6) is 0 Å². The van der Waals surface area contributed by atoms with Crippen molar-refractivity contribution < 1.29 is 22.0 Å². The summed E-state index contributed by atoms with van der Waals surface area (Å²) in [5.41, 5.74) is 10.2. The summed E-state index contributed by atoms with van der Waals surface area (Å²) in [6.45, 7) is -3.16. The predicted molar refractivity (Wildman–Crippen MR) is 66.2 cm³/mol. The molecule has 0 fully saturated rings. The number of halogens is 5. The average Bonchev–Trinajstić information content (AvgIpc) is 2.84. The summed E-state index contributed by atoms with van der Waals surface area (Å²) >= 11 is 0. The maximum Gasteiger partial charge on any atom is 0.435 e. The van der Waals surface area contributed by atoms with E-state index in [1.807, 2.05) is 0 Å². The smallest absolute Gasteiger partial charge is 0.398 e. The first kappa shape index (κ1) is 15.2. The molecule has 0 amide bonds. The van der Waals surface area contributed by atoms with E-state index in [9.17, 15) is 22.0 Å². The molecule has 0 atom stereocenters. The van der Waals surface area contributed by atoms with E-state index in [1.54, 1.807) is 0 Å². The second-order valence-electron chi connectivity index (χ2n) is 4.25. The number of alkyl halides is 5. The first-order chi connectivity index (χ1) is 9.74. The van der Waals surface area contributed by atoms with Crippen molar-refractivity contribution >= 4 is 5.69 Å². The highest BCUT2D eigenvalue weighted by atomic mass is 19.4. The van der Waals surface area contributed by atoms with Gasteiger partial charge in [-0.05, 0) is 23.8 Å². The molecule has 0 radical (unpaired) electrons. The molecule has 0 aliphatic carbocycles. The zero-order chi connectivity index (χ0) is 15.8. The van der Waals surface area contributed by atoms with Gasteiger partial charge >= 0.3 is 12.7 Å². The van der Waals surface area contributed by atoms with Crippen LogP contribution in [0.15, 0.2) is 24.3 Å². The van der Waals surface area contributed by atoms with Crippen molar-refractivity contribution in [3.8, 4) is 11.3 Å². The van der Waals surface area contributed by atoms with Crippen LogP contribution in [0.3, 0.4) is 0 Å². The molecule has 0 spiro atoms. The summed E-state index contributed by atoms with van der Waals surface area (Å²) in [6, 6.07) is 4.67. The minimum atomic E-state index is -4.81. The number of aromatic nitrogens is 2. The van der Waals surface area contributed by atoms with Gasteiger partial charge < -0.3 is 11.5 Å². The van der Waals surface area contributed by atoms with Gasteiger partial charge in [-0.15, -0.1) is 0 Å². The highest BCUT2D eigenvalue weighted by Gasteiger charge is 2.36. The third-order valence-corrected chi connectivity index (χ3v) is 2.87. The van der Waals surface area contributed by atoms with E-state index < -0.39 is 18.4 Å². The van der Waals surface area contributed by atoms with Crippen LogP contribution in [0.2, 0.25) is 0 Å². The molecule has 2 aromatic rings. The summed E-state index contributed by atoms with van der Waals surface area (Å²) in [5, 5.41) is 2.91. The maximum absolute atomic E-state index is 12.9. The van der Waals surface area contributed by atoms with Crippen LogP contribution >= 0.6 is 0 Å². The monoisotopic (exact) mass is 306 g/mol. The number of rotatable bonds is 3. The predicted octanol–water partition coefficient (Wildman–Crippen LogP) is 3.00. The first-order valence-electron chi connectivity index (χ1n) is 5.77. The van der Waals surface area contributed by atoms with E-state index in [-0.39, 0.29) is 22.5 Å². The number of nitrogens with two attached hydrogens (primary N) is 2. The van der Waals surface area contributed by atoms with E-state index >= 15 is 0 Å². The lowest BCUT2D eigenvalue weighted by Crippen LogP contribution is -2.08. The fraction of sp³-hybridized carbons (Fsp3) is 0.250. The van der Waals surface area contributed by atoms with E-state index in [0.29, 0.717) is 17.3 Å². The Morgan fingerprint density at radius 1 is 1.19 bits per heavy atom. The van der Waals surface area contributed by atoms with Gasteiger partial charge in [0, 0.05) is 17.8 Å². The Morgan fingerprint density at radius 3 is 2.38 bits per heavy atom. The Labute approximate surface area is 116 Å². The molecular formula is C12H11F5N4. The van der Waals surface area contributed by atoms with Crippen molar-refractivity contribution in [2.75, 3.05) is 5.73 Å². The topological polar surface area (TPSA) is 69.9 Å². The fourth-order valence-electron chi connectivity index (χ4n) is 1.84. The van der Waals surface area contributed by atoms with Crippen LogP contribution in [0, 0.1) is 0 Å². The molecular weight excluding hydrogens is 295 g/mol. The molecule has 1 aromatic carbocycles. The largest absolute Gasteiger partial charge is 0.435 e. The summed E-state index contributed by atoms with van der Waals surface area (Å²) in [7, 11) is 0. The number of hydrogen-bond acceptors (Lipinski definition) is 3. The average molecular weight is 306 g/mol. The molecule has 21 heavy (non-hydrogen) atoms. The molecule has 1 heterocycles. The quantitative estimate of drug-likeness (QED) is 0.676. The lowest BCUT2D eigenvalue weighted by molar-refractivity contribution is -0.142. The summed E-state index contributed by atoms with van der Waals surface area (Å²) in [6.07, 6.45) is -4.81. The SMILES string of the molecule is NCc1cc(-c2cc(C(F)(F)F)nn2C(F)F)ccc1N. The molecule has 0 aliphatic rings. The molecule has 114 valence electrons. The molecule has 0 saturated heterocycles. The lowest BCUT2D eigenvalue weighted by Gasteiger charge is -2.09. The summed E-state index contributed by atoms with van der Waals surface area (Å²) in [5.74, 6) is 0. The summed E-state index contributed by atoms with van der Waals surface area (Å²) in [4.78, 5) is 0. The van der Waals surface area contributed by atoms with Crippen molar-refractivity contribution in [1.29, 1.82) is 0 Å². The van der Waals surface area contributed by atoms with E-state index in [2.05, 4.69) is 5.10 Å². The van der Waals surface area contributed by atoms with Gasteiger partial charge in [0.2, 0.25) is 0 Å². The van der Waals surface area contributed by atoms with Crippen LogP contribution in [-0.4, -0.2) is 9.78 Å². The van der Waals surface area contributed by atoms with Gasteiger partial charge in [0.25, 0.3) is 0 Å². The zero-order valence-electron chi connectivity index (χ0n) is 10.5. The first-order valence-corrected chi connectivity index (χ1v) is 5.77. The van der Waals surface area contributed by atoms with Crippen molar-refractivity contribution in [3.05, 3.63) is 35.5 Å². The van der Waals surface area contributed by atoms with Gasteiger partial charge in [0.15, 0.2) is 5.69 Å². The third kappa shape index (κ3) is 2.97.